The molecule has 2 aromatic rings. The van der Waals surface area contributed by atoms with Crippen molar-refractivity contribution in [2.24, 2.45) is 5.73 Å². The Hall–Kier alpha value is -0.910. The first-order valence-electron chi connectivity index (χ1n) is 6.45. The van der Waals surface area contributed by atoms with Gasteiger partial charge < -0.3 is 10.5 Å². The van der Waals surface area contributed by atoms with Crippen molar-refractivity contribution in [1.82, 2.24) is 0 Å². The fourth-order valence-electron chi connectivity index (χ4n) is 1.90. The summed E-state index contributed by atoms with van der Waals surface area (Å²) in [5, 5.41) is 0. The van der Waals surface area contributed by atoms with Crippen LogP contribution in [0, 0.1) is 12.7 Å². The summed E-state index contributed by atoms with van der Waals surface area (Å²) >= 11 is 4.99. The SMILES string of the molecule is CCC(N)C(Oc1cccc(C)c1F)c1ccc(Br)s1. The highest BCUT2D eigenvalue weighted by Gasteiger charge is 2.23. The zero-order chi connectivity index (χ0) is 14.7. The third kappa shape index (κ3) is 3.40. The van der Waals surface area contributed by atoms with Crippen LogP contribution < -0.4 is 10.5 Å². The van der Waals surface area contributed by atoms with E-state index >= 15 is 0 Å². The molecule has 0 saturated carbocycles. The van der Waals surface area contributed by atoms with Gasteiger partial charge in [0.1, 0.15) is 6.10 Å². The second kappa shape index (κ2) is 6.70. The van der Waals surface area contributed by atoms with Gasteiger partial charge in [0.2, 0.25) is 0 Å². The zero-order valence-corrected chi connectivity index (χ0v) is 13.8. The van der Waals surface area contributed by atoms with Crippen molar-refractivity contribution in [2.75, 3.05) is 0 Å². The molecule has 0 bridgehead atoms. The molecular formula is C15H17BrFNOS. The lowest BCUT2D eigenvalue weighted by atomic mass is 10.1. The van der Waals surface area contributed by atoms with Crippen molar-refractivity contribution < 1.29 is 9.13 Å². The number of aryl methyl sites for hydroxylation is 1. The van der Waals surface area contributed by atoms with E-state index < -0.39 is 0 Å². The first kappa shape index (κ1) is 15.5. The van der Waals surface area contributed by atoms with Gasteiger partial charge in [-0.05, 0) is 53.0 Å². The van der Waals surface area contributed by atoms with Crippen LogP contribution in [-0.4, -0.2) is 6.04 Å². The second-order valence-electron chi connectivity index (χ2n) is 4.64. The molecule has 2 atom stereocenters. The Morgan fingerprint density at radius 1 is 1.35 bits per heavy atom. The van der Waals surface area contributed by atoms with Crippen molar-refractivity contribution >= 4 is 27.3 Å². The molecule has 1 heterocycles. The lowest BCUT2D eigenvalue weighted by Gasteiger charge is -2.23. The number of nitrogens with two attached hydrogens (primary N) is 1. The topological polar surface area (TPSA) is 35.2 Å². The summed E-state index contributed by atoms with van der Waals surface area (Å²) in [6, 6.07) is 8.88. The van der Waals surface area contributed by atoms with Gasteiger partial charge in [-0.2, -0.15) is 0 Å². The van der Waals surface area contributed by atoms with Gasteiger partial charge >= 0.3 is 0 Å². The van der Waals surface area contributed by atoms with Crippen molar-refractivity contribution in [3.8, 4) is 5.75 Å². The highest BCUT2D eigenvalue weighted by atomic mass is 79.9. The number of rotatable bonds is 5. The highest BCUT2D eigenvalue weighted by Crippen LogP contribution is 2.34. The van der Waals surface area contributed by atoms with Crippen LogP contribution in [0.2, 0.25) is 0 Å². The molecule has 0 radical (unpaired) electrons. The maximum absolute atomic E-state index is 14.1. The number of ether oxygens (including phenoxy) is 1. The fourth-order valence-corrected chi connectivity index (χ4v) is 3.43. The molecule has 0 saturated heterocycles. The van der Waals surface area contributed by atoms with Crippen molar-refractivity contribution in [3.63, 3.8) is 0 Å². The highest BCUT2D eigenvalue weighted by molar-refractivity contribution is 9.11. The average molecular weight is 358 g/mol. The van der Waals surface area contributed by atoms with Gasteiger partial charge in [0.25, 0.3) is 0 Å². The van der Waals surface area contributed by atoms with Crippen molar-refractivity contribution in [2.45, 2.75) is 32.4 Å². The smallest absolute Gasteiger partial charge is 0.167 e. The van der Waals surface area contributed by atoms with Gasteiger partial charge in [-0.15, -0.1) is 11.3 Å². The van der Waals surface area contributed by atoms with Gasteiger partial charge in [0, 0.05) is 10.9 Å². The monoisotopic (exact) mass is 357 g/mol. The number of halogens is 2. The van der Waals surface area contributed by atoms with Gasteiger partial charge in [-0.1, -0.05) is 19.1 Å². The molecule has 1 aromatic heterocycles. The van der Waals surface area contributed by atoms with Crippen LogP contribution in [0.4, 0.5) is 4.39 Å². The van der Waals surface area contributed by atoms with Gasteiger partial charge in [-0.25, -0.2) is 4.39 Å². The molecule has 0 aliphatic heterocycles. The summed E-state index contributed by atoms with van der Waals surface area (Å²) in [5.41, 5.74) is 6.71. The molecule has 20 heavy (non-hydrogen) atoms. The Kier molecular flexibility index (Phi) is 5.18. The molecule has 0 spiro atoms. The van der Waals surface area contributed by atoms with Gasteiger partial charge in [-0.3, -0.25) is 0 Å². The minimum atomic E-state index is -0.340. The lowest BCUT2D eigenvalue weighted by molar-refractivity contribution is 0.167. The van der Waals surface area contributed by atoms with Gasteiger partial charge in [0.15, 0.2) is 11.6 Å². The van der Waals surface area contributed by atoms with E-state index in [0.717, 1.165) is 15.1 Å². The number of thiophene rings is 1. The first-order valence-corrected chi connectivity index (χ1v) is 8.06. The molecule has 0 aliphatic rings. The summed E-state index contributed by atoms with van der Waals surface area (Å²) in [6.07, 6.45) is 0.417. The van der Waals surface area contributed by atoms with E-state index in [9.17, 15) is 4.39 Å². The Bertz CT molecular complexity index is 587. The van der Waals surface area contributed by atoms with Crippen LogP contribution in [0.15, 0.2) is 34.1 Å². The van der Waals surface area contributed by atoms with E-state index in [1.807, 2.05) is 19.1 Å². The maximum Gasteiger partial charge on any atom is 0.167 e. The van der Waals surface area contributed by atoms with Crippen LogP contribution in [0.1, 0.15) is 29.9 Å². The van der Waals surface area contributed by atoms with E-state index in [-0.39, 0.29) is 23.7 Å². The van der Waals surface area contributed by atoms with Crippen molar-refractivity contribution in [3.05, 3.63) is 50.4 Å². The molecule has 2 nitrogen and oxygen atoms in total. The third-order valence-corrected chi connectivity index (χ3v) is 4.83. The normalized spacial score (nSPS) is 14.1. The lowest BCUT2D eigenvalue weighted by Crippen LogP contribution is -2.31. The third-order valence-electron chi connectivity index (χ3n) is 3.14. The quantitative estimate of drug-likeness (QED) is 0.832. The molecule has 0 amide bonds. The molecule has 1 aromatic carbocycles. The average Bonchev–Trinajstić information content (AvgIpc) is 2.86. The molecule has 0 fully saturated rings. The van der Waals surface area contributed by atoms with Crippen molar-refractivity contribution in [1.29, 1.82) is 0 Å². The summed E-state index contributed by atoms with van der Waals surface area (Å²) in [4.78, 5) is 0.993. The predicted molar refractivity (Wildman–Crippen MR) is 84.8 cm³/mol. The largest absolute Gasteiger partial charge is 0.480 e. The van der Waals surface area contributed by atoms with Crippen LogP contribution in [0.3, 0.4) is 0 Å². The molecule has 108 valence electrons. The van der Waals surface area contributed by atoms with Crippen LogP contribution in [-0.2, 0) is 0 Å². The maximum atomic E-state index is 14.1. The van der Waals surface area contributed by atoms with E-state index in [0.29, 0.717) is 5.56 Å². The van der Waals surface area contributed by atoms with Gasteiger partial charge in [0.05, 0.1) is 3.79 Å². The van der Waals surface area contributed by atoms with Crippen LogP contribution >= 0.6 is 27.3 Å². The van der Waals surface area contributed by atoms with E-state index in [2.05, 4.69) is 15.9 Å². The van der Waals surface area contributed by atoms with E-state index in [1.165, 1.54) is 0 Å². The Labute approximate surface area is 130 Å². The fraction of sp³-hybridized carbons (Fsp3) is 0.333. The van der Waals surface area contributed by atoms with Crippen LogP contribution in [0.5, 0.6) is 5.75 Å². The Morgan fingerprint density at radius 3 is 2.70 bits per heavy atom. The second-order valence-corrected chi connectivity index (χ2v) is 7.13. The summed E-state index contributed by atoms with van der Waals surface area (Å²) in [7, 11) is 0. The molecular weight excluding hydrogens is 341 g/mol. The number of hydrogen-bond donors (Lipinski definition) is 1. The standard InChI is InChI=1S/C15H17BrFNOS/c1-3-10(18)15(12-7-8-13(16)20-12)19-11-6-4-5-9(2)14(11)17/h4-8,10,15H,3,18H2,1-2H3. The molecule has 5 heteroatoms. The first-order chi connectivity index (χ1) is 9.52. The summed E-state index contributed by atoms with van der Waals surface area (Å²) < 4.78 is 21.0. The van der Waals surface area contributed by atoms with E-state index in [4.69, 9.17) is 10.5 Å². The predicted octanol–water partition coefficient (Wildman–Crippen LogP) is 4.82. The number of hydrogen-bond acceptors (Lipinski definition) is 3. The molecule has 2 N–H and O–H groups in total. The Balaban J connectivity index is 2.31. The molecule has 0 aliphatic carbocycles. The number of benzene rings is 1. The molecule has 2 rings (SSSR count). The van der Waals surface area contributed by atoms with Crippen LogP contribution in [0.25, 0.3) is 0 Å². The summed E-state index contributed by atoms with van der Waals surface area (Å²) in [5.74, 6) is -0.0696. The minimum Gasteiger partial charge on any atom is -0.480 e. The van der Waals surface area contributed by atoms with E-state index in [1.54, 1.807) is 36.5 Å². The molecule has 2 unspecified atom stereocenters. The summed E-state index contributed by atoms with van der Waals surface area (Å²) in [6.45, 7) is 3.72. The zero-order valence-electron chi connectivity index (χ0n) is 11.4. The minimum absolute atomic E-state index is 0.180. The Morgan fingerprint density at radius 2 is 2.10 bits per heavy atom.